The van der Waals surface area contributed by atoms with E-state index in [1.807, 2.05) is 0 Å². The zero-order valence-electron chi connectivity index (χ0n) is 25.2. The molecular weight excluding hydrogens is 758 g/mol. The molecule has 220 valence electrons. The van der Waals surface area contributed by atoms with E-state index in [1.165, 1.54) is 11.1 Å². The molecule has 2 aromatic rings. The second-order valence-corrected chi connectivity index (χ2v) is 25.3. The Balaban J connectivity index is 0.00000156. The number of fused-ring (bicyclic) bond motifs is 4. The maximum absolute atomic E-state index is 2.78. The van der Waals surface area contributed by atoms with Crippen LogP contribution in [0.5, 0.6) is 0 Å². The predicted molar refractivity (Wildman–Crippen MR) is 174 cm³/mol. The van der Waals surface area contributed by atoms with Crippen molar-refractivity contribution in [2.75, 3.05) is 0 Å². The quantitative estimate of drug-likeness (QED) is 0.411. The van der Waals surface area contributed by atoms with Gasteiger partial charge in [0.25, 0.3) is 0 Å². The smallest absolute Gasteiger partial charge is 1.00 e. The third-order valence-electron chi connectivity index (χ3n) is 12.3. The first-order valence-electron chi connectivity index (χ1n) is 16.0. The zero-order valence-corrected chi connectivity index (χ0v) is 31.3. The summed E-state index contributed by atoms with van der Waals surface area (Å²) >= 11 is -1.41. The molecule has 0 nitrogen and oxygen atoms in total. The molecule has 0 radical (unpaired) electrons. The molecule has 10 atom stereocenters. The van der Waals surface area contributed by atoms with Gasteiger partial charge in [-0.1, -0.05) is 0 Å². The van der Waals surface area contributed by atoms with E-state index < -0.39 is 31.0 Å². The molecule has 2 saturated carbocycles. The van der Waals surface area contributed by atoms with Crippen molar-refractivity contribution in [1.82, 2.24) is 0 Å². The topological polar surface area (TPSA) is 0 Å². The molecule has 1 heterocycles. The number of rotatable bonds is 2. The molecule has 44 heavy (non-hydrogen) atoms. The number of halogens is 2. The molecule has 0 amide bonds. The Morgan fingerprint density at radius 3 is 1.41 bits per heavy atom. The Labute approximate surface area is 287 Å². The summed E-state index contributed by atoms with van der Waals surface area (Å²) in [7, 11) is -2.49. The van der Waals surface area contributed by atoms with Gasteiger partial charge in [-0.15, -0.1) is 0 Å². The van der Waals surface area contributed by atoms with Crippen LogP contribution in [0, 0.1) is 35.5 Å². The van der Waals surface area contributed by atoms with Crippen LogP contribution in [0.1, 0.15) is 13.8 Å². The summed E-state index contributed by atoms with van der Waals surface area (Å²) in [6, 6.07) is 24.1. The third kappa shape index (κ3) is 3.84. The van der Waals surface area contributed by atoms with E-state index in [9.17, 15) is 0 Å². The number of benzene rings is 2. The summed E-state index contributed by atoms with van der Waals surface area (Å²) in [5.74, 6) is 3.59. The molecular formula is C40H38Cl2HfSi. The first-order valence-corrected chi connectivity index (χ1v) is 21.7. The van der Waals surface area contributed by atoms with Gasteiger partial charge in [0.2, 0.25) is 0 Å². The largest absolute Gasteiger partial charge is 1.00 e. The molecule has 9 rings (SSSR count). The van der Waals surface area contributed by atoms with Crippen molar-refractivity contribution >= 4 is 18.4 Å². The maximum atomic E-state index is 2.78. The molecule has 1 aliphatic heterocycles. The molecule has 2 aromatic carbocycles. The Hall–Kier alpha value is -1.97. The minimum atomic E-state index is -2.49. The fourth-order valence-electron chi connectivity index (χ4n) is 11.2. The average Bonchev–Trinajstić information content (AvgIpc) is 3.47. The Morgan fingerprint density at radius 1 is 0.545 bits per heavy atom. The molecule has 0 spiro atoms. The van der Waals surface area contributed by atoms with Crippen molar-refractivity contribution < 1.29 is 47.7 Å². The van der Waals surface area contributed by atoms with E-state index in [1.54, 1.807) is 10.4 Å². The first kappa shape index (κ1) is 30.7. The molecule has 3 fully saturated rings. The van der Waals surface area contributed by atoms with Crippen molar-refractivity contribution in [3.05, 3.63) is 157 Å². The van der Waals surface area contributed by atoms with Gasteiger partial charge in [-0.25, -0.2) is 0 Å². The van der Waals surface area contributed by atoms with E-state index in [4.69, 9.17) is 0 Å². The first-order chi connectivity index (χ1) is 20.6. The van der Waals surface area contributed by atoms with Crippen LogP contribution in [0.2, 0.25) is 17.4 Å². The molecule has 1 saturated heterocycles. The minimum absolute atomic E-state index is 0. The number of allylic oxidation sites excluding steroid dienone is 16. The van der Waals surface area contributed by atoms with Gasteiger partial charge >= 0.3 is 265 Å². The summed E-state index contributed by atoms with van der Waals surface area (Å²) in [4.78, 5) is 0. The molecule has 6 aliphatic carbocycles. The van der Waals surface area contributed by atoms with Crippen LogP contribution in [0.4, 0.5) is 0 Å². The van der Waals surface area contributed by atoms with Crippen molar-refractivity contribution in [2.45, 2.75) is 31.3 Å². The summed E-state index contributed by atoms with van der Waals surface area (Å²) in [6.07, 6.45) is 36.6. The van der Waals surface area contributed by atoms with Crippen molar-refractivity contribution in [1.29, 1.82) is 0 Å². The number of hydrogen-bond acceptors (Lipinski definition) is 0. The van der Waals surface area contributed by atoms with Gasteiger partial charge in [-0.3, -0.25) is 0 Å². The van der Waals surface area contributed by atoms with Gasteiger partial charge in [0, 0.05) is 0 Å². The van der Waals surface area contributed by atoms with Crippen molar-refractivity contribution in [2.24, 2.45) is 35.5 Å². The van der Waals surface area contributed by atoms with E-state index in [2.05, 4.69) is 160 Å². The SMILES string of the molecule is CC1=CC2C(C=C1)[C]13C=CC=CC1C2[Si](c1ccccc1)(c1ccccc1)C1C2C=C(C)C=CC2[C]2(C=CC=CC12)[Hf+2]3.[Cl-].[Cl-]. The fraction of sp³-hybridized carbons (Fsp3) is 0.300. The predicted octanol–water partition coefficient (Wildman–Crippen LogP) is 2.42. The molecule has 0 N–H and O–H groups in total. The average molecular weight is 796 g/mol. The monoisotopic (exact) mass is 796 g/mol. The van der Waals surface area contributed by atoms with E-state index >= 15 is 0 Å². The van der Waals surface area contributed by atoms with Gasteiger partial charge < -0.3 is 24.8 Å². The van der Waals surface area contributed by atoms with Gasteiger partial charge in [0.05, 0.1) is 0 Å². The van der Waals surface area contributed by atoms with Crippen molar-refractivity contribution in [3.63, 3.8) is 0 Å². The summed E-state index contributed by atoms with van der Waals surface area (Å²) in [6.45, 7) is 4.70. The maximum Gasteiger partial charge on any atom is -1.00 e. The van der Waals surface area contributed by atoms with Crippen LogP contribution in [-0.2, 0) is 22.9 Å². The summed E-state index contributed by atoms with van der Waals surface area (Å²) < 4.78 is 0.606. The van der Waals surface area contributed by atoms with Crippen LogP contribution < -0.4 is 35.2 Å². The molecule has 10 unspecified atom stereocenters. The van der Waals surface area contributed by atoms with E-state index in [0.29, 0.717) is 52.9 Å². The zero-order chi connectivity index (χ0) is 28.1. The normalized spacial score (nSPS) is 40.2. The van der Waals surface area contributed by atoms with Crippen LogP contribution in [0.3, 0.4) is 0 Å². The minimum Gasteiger partial charge on any atom is -1.00 e. The Bertz CT molecular complexity index is 1570. The van der Waals surface area contributed by atoms with Crippen molar-refractivity contribution in [3.8, 4) is 0 Å². The second-order valence-electron chi connectivity index (χ2n) is 13.9. The summed E-state index contributed by atoms with van der Waals surface area (Å²) in [5, 5.41) is 3.33. The summed E-state index contributed by atoms with van der Waals surface area (Å²) in [5.41, 5.74) is 4.19. The molecule has 4 heteroatoms. The fourth-order valence-corrected chi connectivity index (χ4v) is 30.3. The van der Waals surface area contributed by atoms with Gasteiger partial charge in [0.15, 0.2) is 0 Å². The van der Waals surface area contributed by atoms with Crippen LogP contribution in [0.25, 0.3) is 0 Å². The number of hydrogen-bond donors (Lipinski definition) is 0. The second kappa shape index (κ2) is 11.1. The standard InChI is InChI=1S/C40H38Si.2ClH.Hf/c1-27-21-23-33-31-17-9-11-19-35(31)39(37(33)25-27)41(29-13-5-3-6-14-29,30-15-7-4-8-16-30)40-36-20-12-10-18-32(36)34-24-22-28(2)26-38(34)40;;;/h3-26,33-40H,1-2H3;2*1H;/q;;;+2/p-2. The van der Waals surface area contributed by atoms with Gasteiger partial charge in [-0.2, -0.15) is 0 Å². The van der Waals surface area contributed by atoms with Gasteiger partial charge in [-0.05, 0) is 0 Å². The van der Waals surface area contributed by atoms with Crippen LogP contribution in [0.15, 0.2) is 157 Å². The Kier molecular flexibility index (Phi) is 7.72. The van der Waals surface area contributed by atoms with Crippen LogP contribution in [-0.4, -0.2) is 8.07 Å². The van der Waals surface area contributed by atoms with Gasteiger partial charge in [0.1, 0.15) is 0 Å². The van der Waals surface area contributed by atoms with E-state index in [0.717, 1.165) is 0 Å². The van der Waals surface area contributed by atoms with E-state index in [-0.39, 0.29) is 24.8 Å². The van der Waals surface area contributed by atoms with Crippen LogP contribution >= 0.6 is 0 Å². The molecule has 0 aromatic heterocycles. The molecule has 4 bridgehead atoms. The molecule has 7 aliphatic rings. The third-order valence-corrected chi connectivity index (χ3v) is 27.5. The Morgan fingerprint density at radius 2 is 0.977 bits per heavy atom.